The van der Waals surface area contributed by atoms with Crippen molar-refractivity contribution < 1.29 is 9.53 Å². The van der Waals surface area contributed by atoms with E-state index >= 15 is 0 Å². The highest BCUT2D eigenvalue weighted by molar-refractivity contribution is 7.16. The van der Waals surface area contributed by atoms with E-state index in [0.717, 1.165) is 27.3 Å². The van der Waals surface area contributed by atoms with Gasteiger partial charge in [0.2, 0.25) is 0 Å². The standard InChI is InChI=1S/C17H17N3O2S/c1-11(17(21)22-2)9-12-3-5-13(6-4-12)20-15-14-7-8-23-16(14)19-10-18-15/h3-8,10-11H,9H2,1-2H3,(H,18,19,20). The van der Waals surface area contributed by atoms with Crippen molar-refractivity contribution in [1.29, 1.82) is 0 Å². The maximum Gasteiger partial charge on any atom is 0.308 e. The molecule has 0 aliphatic rings. The van der Waals surface area contributed by atoms with Crippen LogP contribution in [-0.2, 0) is 16.0 Å². The van der Waals surface area contributed by atoms with Crippen LogP contribution in [0.25, 0.3) is 10.2 Å². The fourth-order valence-electron chi connectivity index (χ4n) is 2.39. The van der Waals surface area contributed by atoms with Gasteiger partial charge < -0.3 is 10.1 Å². The smallest absolute Gasteiger partial charge is 0.308 e. The summed E-state index contributed by atoms with van der Waals surface area (Å²) in [4.78, 5) is 21.0. The van der Waals surface area contributed by atoms with Gasteiger partial charge in [0, 0.05) is 5.69 Å². The van der Waals surface area contributed by atoms with E-state index in [-0.39, 0.29) is 11.9 Å². The third kappa shape index (κ3) is 3.48. The molecule has 6 heteroatoms. The van der Waals surface area contributed by atoms with Crippen LogP contribution in [0.1, 0.15) is 12.5 Å². The molecular weight excluding hydrogens is 310 g/mol. The Morgan fingerprint density at radius 2 is 2.04 bits per heavy atom. The summed E-state index contributed by atoms with van der Waals surface area (Å²) in [7, 11) is 1.42. The maximum atomic E-state index is 11.5. The Hall–Kier alpha value is -2.47. The van der Waals surface area contributed by atoms with Crippen LogP contribution in [0.3, 0.4) is 0 Å². The average molecular weight is 327 g/mol. The summed E-state index contributed by atoms with van der Waals surface area (Å²) in [6.45, 7) is 1.87. The highest BCUT2D eigenvalue weighted by Crippen LogP contribution is 2.26. The van der Waals surface area contributed by atoms with Crippen LogP contribution in [-0.4, -0.2) is 23.0 Å². The second-order valence-corrected chi connectivity index (χ2v) is 6.21. The van der Waals surface area contributed by atoms with Crippen LogP contribution in [0, 0.1) is 5.92 Å². The highest BCUT2D eigenvalue weighted by atomic mass is 32.1. The molecule has 2 heterocycles. The normalized spacial score (nSPS) is 12.1. The van der Waals surface area contributed by atoms with Gasteiger partial charge in [-0.2, -0.15) is 0 Å². The third-order valence-electron chi connectivity index (χ3n) is 3.62. The zero-order valence-electron chi connectivity index (χ0n) is 12.9. The largest absolute Gasteiger partial charge is 0.469 e. The van der Waals surface area contributed by atoms with Gasteiger partial charge in [0.15, 0.2) is 0 Å². The highest BCUT2D eigenvalue weighted by Gasteiger charge is 2.13. The molecule has 0 fully saturated rings. The molecule has 2 aromatic heterocycles. The van der Waals surface area contributed by atoms with Gasteiger partial charge in [-0.1, -0.05) is 19.1 Å². The lowest BCUT2D eigenvalue weighted by Gasteiger charge is -2.10. The fraction of sp³-hybridized carbons (Fsp3) is 0.235. The molecule has 0 amide bonds. The number of carbonyl (C=O) groups excluding carboxylic acids is 1. The molecule has 3 aromatic rings. The van der Waals surface area contributed by atoms with Gasteiger partial charge in [-0.25, -0.2) is 9.97 Å². The average Bonchev–Trinajstić information content (AvgIpc) is 3.05. The van der Waals surface area contributed by atoms with Crippen LogP contribution in [0.4, 0.5) is 11.5 Å². The van der Waals surface area contributed by atoms with E-state index < -0.39 is 0 Å². The van der Waals surface area contributed by atoms with Crippen molar-refractivity contribution in [3.63, 3.8) is 0 Å². The number of hydrogen-bond donors (Lipinski definition) is 1. The molecule has 0 saturated heterocycles. The summed E-state index contributed by atoms with van der Waals surface area (Å²) >= 11 is 1.59. The van der Waals surface area contributed by atoms with Crippen LogP contribution in [0.2, 0.25) is 0 Å². The zero-order valence-corrected chi connectivity index (χ0v) is 13.8. The number of rotatable bonds is 5. The Morgan fingerprint density at radius 1 is 1.26 bits per heavy atom. The van der Waals surface area contributed by atoms with Crippen molar-refractivity contribution in [2.45, 2.75) is 13.3 Å². The predicted octanol–water partition coefficient (Wildman–Crippen LogP) is 3.79. The number of nitrogens with zero attached hydrogens (tertiary/aromatic N) is 2. The van der Waals surface area contributed by atoms with Gasteiger partial charge in [-0.3, -0.25) is 4.79 Å². The number of fused-ring (bicyclic) bond motifs is 1. The first-order chi connectivity index (χ1) is 11.2. The fourth-order valence-corrected chi connectivity index (χ4v) is 3.12. The lowest BCUT2D eigenvalue weighted by Crippen LogP contribution is -2.15. The van der Waals surface area contributed by atoms with Crippen molar-refractivity contribution in [2.24, 2.45) is 5.92 Å². The summed E-state index contributed by atoms with van der Waals surface area (Å²) in [6.07, 6.45) is 2.23. The second-order valence-electron chi connectivity index (χ2n) is 5.31. The molecule has 0 spiro atoms. The van der Waals surface area contributed by atoms with Crippen LogP contribution < -0.4 is 5.32 Å². The number of anilines is 2. The number of hydrogen-bond acceptors (Lipinski definition) is 6. The molecule has 1 atom stereocenters. The molecule has 3 rings (SSSR count). The molecule has 118 valence electrons. The molecule has 23 heavy (non-hydrogen) atoms. The number of esters is 1. The minimum Gasteiger partial charge on any atom is -0.469 e. The number of methoxy groups -OCH3 is 1. The maximum absolute atomic E-state index is 11.5. The first kappa shape index (κ1) is 15.4. The summed E-state index contributed by atoms with van der Waals surface area (Å²) in [5, 5.41) is 6.33. The van der Waals surface area contributed by atoms with E-state index in [1.807, 2.05) is 42.6 Å². The van der Waals surface area contributed by atoms with E-state index in [9.17, 15) is 4.79 Å². The molecule has 1 aromatic carbocycles. The molecule has 5 nitrogen and oxygen atoms in total. The molecule has 0 aliphatic heterocycles. The van der Waals surface area contributed by atoms with Gasteiger partial charge >= 0.3 is 5.97 Å². The van der Waals surface area contributed by atoms with Gasteiger partial charge in [-0.15, -0.1) is 11.3 Å². The number of ether oxygens (including phenoxy) is 1. The molecule has 0 radical (unpaired) electrons. The number of aromatic nitrogens is 2. The first-order valence-corrected chi connectivity index (χ1v) is 8.17. The van der Waals surface area contributed by atoms with E-state index in [2.05, 4.69) is 15.3 Å². The molecule has 0 saturated carbocycles. The van der Waals surface area contributed by atoms with Gasteiger partial charge in [0.1, 0.15) is 17.0 Å². The van der Waals surface area contributed by atoms with Crippen LogP contribution >= 0.6 is 11.3 Å². The van der Waals surface area contributed by atoms with Crippen molar-refractivity contribution >= 4 is 39.0 Å². The second kappa shape index (κ2) is 6.75. The van der Waals surface area contributed by atoms with Gasteiger partial charge in [0.05, 0.1) is 18.4 Å². The minimum absolute atomic E-state index is 0.147. The van der Waals surface area contributed by atoms with Gasteiger partial charge in [0.25, 0.3) is 0 Å². The zero-order chi connectivity index (χ0) is 16.2. The molecule has 0 aliphatic carbocycles. The van der Waals surface area contributed by atoms with Crippen LogP contribution in [0.5, 0.6) is 0 Å². The quantitative estimate of drug-likeness (QED) is 0.722. The molecule has 1 N–H and O–H groups in total. The van der Waals surface area contributed by atoms with Crippen molar-refractivity contribution in [1.82, 2.24) is 9.97 Å². The van der Waals surface area contributed by atoms with Crippen molar-refractivity contribution in [3.05, 3.63) is 47.6 Å². The van der Waals surface area contributed by atoms with E-state index in [1.165, 1.54) is 7.11 Å². The number of thiophene rings is 1. The first-order valence-electron chi connectivity index (χ1n) is 7.29. The summed E-state index contributed by atoms with van der Waals surface area (Å²) < 4.78 is 4.76. The van der Waals surface area contributed by atoms with Crippen molar-refractivity contribution in [3.8, 4) is 0 Å². The lowest BCUT2D eigenvalue weighted by atomic mass is 10.0. The topological polar surface area (TPSA) is 64.1 Å². The number of benzene rings is 1. The van der Waals surface area contributed by atoms with E-state index in [1.54, 1.807) is 17.7 Å². The Balaban J connectivity index is 1.73. The van der Waals surface area contributed by atoms with Crippen LogP contribution in [0.15, 0.2) is 42.0 Å². The monoisotopic (exact) mass is 327 g/mol. The number of carbonyl (C=O) groups is 1. The van der Waals surface area contributed by atoms with E-state index in [0.29, 0.717) is 6.42 Å². The van der Waals surface area contributed by atoms with Gasteiger partial charge in [-0.05, 0) is 35.6 Å². The Kier molecular flexibility index (Phi) is 4.52. The van der Waals surface area contributed by atoms with E-state index in [4.69, 9.17) is 4.74 Å². The molecule has 1 unspecified atom stereocenters. The third-order valence-corrected chi connectivity index (χ3v) is 4.44. The Labute approximate surface area is 138 Å². The summed E-state index contributed by atoms with van der Waals surface area (Å²) in [5.41, 5.74) is 2.04. The Bertz CT molecular complexity index is 814. The Morgan fingerprint density at radius 3 is 2.78 bits per heavy atom. The minimum atomic E-state index is -0.187. The molecule has 0 bridgehead atoms. The molecular formula is C17H17N3O2S. The van der Waals surface area contributed by atoms with Crippen molar-refractivity contribution in [2.75, 3.05) is 12.4 Å². The SMILES string of the molecule is COC(=O)C(C)Cc1ccc(Nc2ncnc3sccc23)cc1. The predicted molar refractivity (Wildman–Crippen MR) is 92.0 cm³/mol. The summed E-state index contributed by atoms with van der Waals surface area (Å²) in [6, 6.07) is 10.00. The summed E-state index contributed by atoms with van der Waals surface area (Å²) in [5.74, 6) is 0.464. The number of nitrogens with one attached hydrogen (secondary N) is 1. The lowest BCUT2D eigenvalue weighted by molar-refractivity contribution is -0.144.